The lowest BCUT2D eigenvalue weighted by atomic mass is 10.0. The molecule has 0 spiro atoms. The Hall–Kier alpha value is -2.96. The maximum absolute atomic E-state index is 13.0. The van der Waals surface area contributed by atoms with Crippen LogP contribution in [0.25, 0.3) is 11.3 Å². The highest BCUT2D eigenvalue weighted by atomic mass is 19.1. The molecule has 0 aromatic carbocycles. The third kappa shape index (κ3) is 2.80. The van der Waals surface area contributed by atoms with Crippen molar-refractivity contribution in [3.8, 4) is 11.3 Å². The molecule has 1 aliphatic rings. The van der Waals surface area contributed by atoms with Crippen molar-refractivity contribution >= 4 is 5.95 Å². The minimum Gasteiger partial charge on any atom is -0.340 e. The van der Waals surface area contributed by atoms with Gasteiger partial charge in [0.05, 0.1) is 18.1 Å². The number of hydrogen-bond acceptors (Lipinski definition) is 6. The van der Waals surface area contributed by atoms with Gasteiger partial charge in [0.15, 0.2) is 5.82 Å². The van der Waals surface area contributed by atoms with Crippen molar-refractivity contribution in [1.29, 1.82) is 0 Å². The Bertz CT molecular complexity index is 837. The molecule has 24 heavy (non-hydrogen) atoms. The largest absolute Gasteiger partial charge is 0.340 e. The van der Waals surface area contributed by atoms with E-state index in [1.807, 2.05) is 23.2 Å². The number of pyridine rings is 1. The molecule has 120 valence electrons. The van der Waals surface area contributed by atoms with Crippen molar-refractivity contribution in [2.75, 3.05) is 18.0 Å². The van der Waals surface area contributed by atoms with E-state index in [1.54, 1.807) is 12.5 Å². The maximum atomic E-state index is 13.0. The third-order valence-electron chi connectivity index (χ3n) is 4.11. The van der Waals surface area contributed by atoms with Crippen LogP contribution in [-0.2, 0) is 12.8 Å². The van der Waals surface area contributed by atoms with Crippen molar-refractivity contribution in [3.05, 3.63) is 60.3 Å². The summed E-state index contributed by atoms with van der Waals surface area (Å²) in [7, 11) is 0. The molecule has 0 saturated carbocycles. The fraction of sp³-hybridized carbons (Fsp3) is 0.235. The number of fused-ring (bicyclic) bond motifs is 1. The number of aromatic nitrogens is 5. The molecule has 4 rings (SSSR count). The molecule has 0 amide bonds. The average molecular weight is 322 g/mol. The van der Waals surface area contributed by atoms with Crippen LogP contribution < -0.4 is 4.90 Å². The molecule has 7 heteroatoms. The zero-order valence-electron chi connectivity index (χ0n) is 12.9. The van der Waals surface area contributed by atoms with Crippen molar-refractivity contribution in [3.63, 3.8) is 0 Å². The van der Waals surface area contributed by atoms with Crippen LogP contribution in [-0.4, -0.2) is 38.0 Å². The first-order valence-corrected chi connectivity index (χ1v) is 7.77. The van der Waals surface area contributed by atoms with E-state index < -0.39 is 5.82 Å². The maximum Gasteiger partial charge on any atom is 0.225 e. The lowest BCUT2D eigenvalue weighted by Gasteiger charge is -2.19. The summed E-state index contributed by atoms with van der Waals surface area (Å²) in [4.78, 5) is 23.3. The normalized spacial score (nSPS) is 14.1. The zero-order chi connectivity index (χ0) is 16.4. The van der Waals surface area contributed by atoms with Gasteiger partial charge in [0.2, 0.25) is 5.95 Å². The third-order valence-corrected chi connectivity index (χ3v) is 4.11. The van der Waals surface area contributed by atoms with Gasteiger partial charge in [0, 0.05) is 48.7 Å². The van der Waals surface area contributed by atoms with Crippen LogP contribution in [0, 0.1) is 5.82 Å². The van der Waals surface area contributed by atoms with E-state index in [0.29, 0.717) is 5.95 Å². The van der Waals surface area contributed by atoms with Crippen molar-refractivity contribution in [2.45, 2.75) is 12.8 Å². The van der Waals surface area contributed by atoms with Crippen LogP contribution in [0.1, 0.15) is 11.3 Å². The number of rotatable bonds is 2. The Morgan fingerprint density at radius 1 is 0.958 bits per heavy atom. The second kappa shape index (κ2) is 6.27. The molecule has 0 atom stereocenters. The molecule has 0 saturated heterocycles. The van der Waals surface area contributed by atoms with Gasteiger partial charge >= 0.3 is 0 Å². The van der Waals surface area contributed by atoms with Crippen molar-refractivity contribution in [1.82, 2.24) is 24.9 Å². The summed E-state index contributed by atoms with van der Waals surface area (Å²) < 4.78 is 13.0. The quantitative estimate of drug-likeness (QED) is 0.719. The van der Waals surface area contributed by atoms with E-state index in [1.165, 1.54) is 12.4 Å². The Morgan fingerprint density at radius 3 is 2.58 bits per heavy atom. The standard InChI is InChI=1S/C17H15FN6/c18-13-9-20-17(21-10-13)24-6-3-14-15(4-7-24)22-11-23-16(14)12-2-1-5-19-8-12/h1-2,5,8-11H,3-4,6-7H2. The first-order chi connectivity index (χ1) is 11.8. The van der Waals surface area contributed by atoms with Gasteiger partial charge in [-0.05, 0) is 18.6 Å². The Balaban J connectivity index is 1.65. The van der Waals surface area contributed by atoms with Gasteiger partial charge in [-0.25, -0.2) is 24.3 Å². The molecule has 0 fully saturated rings. The molecule has 0 bridgehead atoms. The molecule has 4 heterocycles. The highest BCUT2D eigenvalue weighted by Crippen LogP contribution is 2.25. The number of nitrogens with zero attached hydrogens (tertiary/aromatic N) is 6. The molecule has 0 aliphatic carbocycles. The second-order valence-corrected chi connectivity index (χ2v) is 5.58. The van der Waals surface area contributed by atoms with Crippen LogP contribution in [0.2, 0.25) is 0 Å². The molecule has 6 nitrogen and oxygen atoms in total. The SMILES string of the molecule is Fc1cnc(N2CCc3ncnc(-c4cccnc4)c3CC2)nc1. The van der Waals surface area contributed by atoms with Gasteiger partial charge in [-0.3, -0.25) is 4.98 Å². The van der Waals surface area contributed by atoms with E-state index in [4.69, 9.17) is 0 Å². The minimum atomic E-state index is -0.429. The van der Waals surface area contributed by atoms with Gasteiger partial charge in [-0.15, -0.1) is 0 Å². The lowest BCUT2D eigenvalue weighted by molar-refractivity contribution is 0.610. The Labute approximate surface area is 138 Å². The van der Waals surface area contributed by atoms with E-state index in [9.17, 15) is 4.39 Å². The molecular weight excluding hydrogens is 307 g/mol. The Kier molecular flexibility index (Phi) is 3.82. The minimum absolute atomic E-state index is 0.429. The van der Waals surface area contributed by atoms with Crippen molar-refractivity contribution in [2.24, 2.45) is 0 Å². The van der Waals surface area contributed by atoms with E-state index in [-0.39, 0.29) is 0 Å². The molecular formula is C17H15FN6. The summed E-state index contributed by atoms with van der Waals surface area (Å²) in [5.74, 6) is 0.113. The molecule has 0 N–H and O–H groups in total. The first-order valence-electron chi connectivity index (χ1n) is 7.77. The predicted molar refractivity (Wildman–Crippen MR) is 86.9 cm³/mol. The van der Waals surface area contributed by atoms with Gasteiger partial charge in [0.1, 0.15) is 6.33 Å². The Morgan fingerprint density at radius 2 is 1.79 bits per heavy atom. The van der Waals surface area contributed by atoms with E-state index in [0.717, 1.165) is 48.4 Å². The predicted octanol–water partition coefficient (Wildman–Crippen LogP) is 2.07. The van der Waals surface area contributed by atoms with Gasteiger partial charge in [-0.1, -0.05) is 0 Å². The van der Waals surface area contributed by atoms with Crippen LogP contribution >= 0.6 is 0 Å². The molecule has 0 radical (unpaired) electrons. The van der Waals surface area contributed by atoms with Crippen molar-refractivity contribution < 1.29 is 4.39 Å². The molecule has 0 unspecified atom stereocenters. The van der Waals surface area contributed by atoms with Gasteiger partial charge in [-0.2, -0.15) is 0 Å². The van der Waals surface area contributed by atoms with Crippen LogP contribution in [0.3, 0.4) is 0 Å². The summed E-state index contributed by atoms with van der Waals surface area (Å²) in [5, 5.41) is 0. The van der Waals surface area contributed by atoms with Gasteiger partial charge < -0.3 is 4.90 Å². The first kappa shape index (κ1) is 14.6. The monoisotopic (exact) mass is 322 g/mol. The van der Waals surface area contributed by atoms with E-state index in [2.05, 4.69) is 24.9 Å². The summed E-state index contributed by atoms with van der Waals surface area (Å²) in [6.45, 7) is 1.47. The number of anilines is 1. The fourth-order valence-corrected chi connectivity index (χ4v) is 2.95. The summed E-state index contributed by atoms with van der Waals surface area (Å²) >= 11 is 0. The highest BCUT2D eigenvalue weighted by Gasteiger charge is 2.20. The molecule has 3 aromatic rings. The van der Waals surface area contributed by atoms with Crippen LogP contribution in [0.15, 0.2) is 43.2 Å². The topological polar surface area (TPSA) is 67.7 Å². The summed E-state index contributed by atoms with van der Waals surface area (Å²) in [6.07, 6.45) is 9.10. The molecule has 3 aromatic heterocycles. The number of hydrogen-bond donors (Lipinski definition) is 0. The summed E-state index contributed by atoms with van der Waals surface area (Å²) in [6, 6.07) is 3.90. The fourth-order valence-electron chi connectivity index (χ4n) is 2.95. The second-order valence-electron chi connectivity index (χ2n) is 5.58. The average Bonchev–Trinajstić information content (AvgIpc) is 2.86. The summed E-state index contributed by atoms with van der Waals surface area (Å²) in [5.41, 5.74) is 4.08. The van der Waals surface area contributed by atoms with Gasteiger partial charge in [0.25, 0.3) is 0 Å². The zero-order valence-corrected chi connectivity index (χ0v) is 12.9. The lowest BCUT2D eigenvalue weighted by Crippen LogP contribution is -2.27. The smallest absolute Gasteiger partial charge is 0.225 e. The van der Waals surface area contributed by atoms with E-state index >= 15 is 0 Å². The molecule has 1 aliphatic heterocycles. The van der Waals surface area contributed by atoms with Crippen LogP contribution in [0.5, 0.6) is 0 Å². The highest BCUT2D eigenvalue weighted by molar-refractivity contribution is 5.63. The van der Waals surface area contributed by atoms with Crippen LogP contribution in [0.4, 0.5) is 10.3 Å². The number of halogens is 1.